The zero-order chi connectivity index (χ0) is 21.8. The zero-order valence-corrected chi connectivity index (χ0v) is 18.4. The Morgan fingerprint density at radius 1 is 1.06 bits per heavy atom. The molecule has 0 bridgehead atoms. The summed E-state index contributed by atoms with van der Waals surface area (Å²) >= 11 is 1.48. The monoisotopic (exact) mass is 440 g/mol. The van der Waals surface area contributed by atoms with Crippen LogP contribution >= 0.6 is 11.3 Å². The number of aromatic nitrogens is 1. The van der Waals surface area contributed by atoms with Gasteiger partial charge in [0.25, 0.3) is 5.91 Å². The van der Waals surface area contributed by atoms with Gasteiger partial charge in [-0.1, -0.05) is 12.1 Å². The molecular formula is C23H25FN4O2S. The topological polar surface area (TPSA) is 57.7 Å². The molecule has 3 aromatic rings. The summed E-state index contributed by atoms with van der Waals surface area (Å²) in [5.74, 6) is 0.333. The van der Waals surface area contributed by atoms with Crippen LogP contribution in [0.2, 0.25) is 0 Å². The second-order valence-electron chi connectivity index (χ2n) is 7.43. The van der Waals surface area contributed by atoms with Gasteiger partial charge >= 0.3 is 0 Å². The lowest BCUT2D eigenvalue weighted by Crippen LogP contribution is -2.46. The van der Waals surface area contributed by atoms with Crippen LogP contribution in [-0.2, 0) is 0 Å². The highest BCUT2D eigenvalue weighted by molar-refractivity contribution is 7.13. The molecule has 1 aliphatic rings. The molecule has 2 aromatic carbocycles. The van der Waals surface area contributed by atoms with Gasteiger partial charge in [0.1, 0.15) is 17.3 Å². The number of hydrogen-bond acceptors (Lipinski definition) is 6. The summed E-state index contributed by atoms with van der Waals surface area (Å²) in [6, 6.07) is 14.0. The van der Waals surface area contributed by atoms with Crippen LogP contribution in [0.5, 0.6) is 5.75 Å². The highest BCUT2D eigenvalue weighted by Gasteiger charge is 2.22. The average molecular weight is 441 g/mol. The number of nitrogens with zero attached hydrogens (tertiary/aromatic N) is 3. The molecule has 2 heterocycles. The number of anilines is 2. The third kappa shape index (κ3) is 4.96. The summed E-state index contributed by atoms with van der Waals surface area (Å²) in [4.78, 5) is 21.7. The van der Waals surface area contributed by atoms with Crippen molar-refractivity contribution in [1.82, 2.24) is 10.3 Å². The molecule has 1 aliphatic heterocycles. The molecule has 1 unspecified atom stereocenters. The molecule has 1 N–H and O–H groups in total. The van der Waals surface area contributed by atoms with Crippen molar-refractivity contribution in [3.63, 3.8) is 0 Å². The predicted octanol–water partition coefficient (Wildman–Crippen LogP) is 4.11. The summed E-state index contributed by atoms with van der Waals surface area (Å²) in [6.45, 7) is 5.32. The van der Waals surface area contributed by atoms with Gasteiger partial charge in [0.15, 0.2) is 5.13 Å². The van der Waals surface area contributed by atoms with Gasteiger partial charge in [0.2, 0.25) is 0 Å². The molecule has 1 saturated heterocycles. The first-order chi connectivity index (χ1) is 15.0. The molecule has 1 atom stereocenters. The molecule has 1 amide bonds. The Labute approximate surface area is 185 Å². The number of rotatable bonds is 6. The van der Waals surface area contributed by atoms with Crippen LogP contribution in [0.4, 0.5) is 15.2 Å². The first-order valence-electron chi connectivity index (χ1n) is 10.2. The van der Waals surface area contributed by atoms with E-state index in [0.717, 1.165) is 42.6 Å². The number of carbonyl (C=O) groups is 1. The minimum Gasteiger partial charge on any atom is -0.497 e. The molecule has 0 spiro atoms. The van der Waals surface area contributed by atoms with Crippen LogP contribution in [-0.4, -0.2) is 44.2 Å². The van der Waals surface area contributed by atoms with Crippen LogP contribution in [0.15, 0.2) is 53.9 Å². The smallest absolute Gasteiger partial charge is 0.271 e. The molecule has 162 valence electrons. The van der Waals surface area contributed by atoms with Crippen LogP contribution in [0.3, 0.4) is 0 Å². The minimum absolute atomic E-state index is 0.226. The molecule has 6 nitrogen and oxygen atoms in total. The van der Waals surface area contributed by atoms with Crippen molar-refractivity contribution in [2.24, 2.45) is 0 Å². The van der Waals surface area contributed by atoms with E-state index in [1.54, 1.807) is 24.6 Å². The van der Waals surface area contributed by atoms with E-state index in [-0.39, 0.29) is 17.8 Å². The van der Waals surface area contributed by atoms with Gasteiger partial charge in [-0.05, 0) is 48.9 Å². The average Bonchev–Trinajstić information content (AvgIpc) is 3.30. The Balaban J connectivity index is 1.33. The lowest BCUT2D eigenvalue weighted by atomic mass is 10.1. The van der Waals surface area contributed by atoms with Gasteiger partial charge in [-0.15, -0.1) is 11.3 Å². The predicted molar refractivity (Wildman–Crippen MR) is 122 cm³/mol. The summed E-state index contributed by atoms with van der Waals surface area (Å²) in [7, 11) is 1.67. The molecule has 0 aliphatic carbocycles. The van der Waals surface area contributed by atoms with Crippen molar-refractivity contribution >= 4 is 28.1 Å². The number of carbonyl (C=O) groups excluding carboxylic acids is 1. The van der Waals surface area contributed by atoms with E-state index in [0.29, 0.717) is 5.69 Å². The van der Waals surface area contributed by atoms with Crippen molar-refractivity contribution in [1.29, 1.82) is 0 Å². The molecular weight excluding hydrogens is 415 g/mol. The van der Waals surface area contributed by atoms with Gasteiger partial charge in [0.05, 0.1) is 13.2 Å². The van der Waals surface area contributed by atoms with Crippen molar-refractivity contribution in [3.05, 3.63) is 71.0 Å². The quantitative estimate of drug-likeness (QED) is 0.625. The highest BCUT2D eigenvalue weighted by atomic mass is 32.1. The van der Waals surface area contributed by atoms with Gasteiger partial charge in [-0.3, -0.25) is 4.79 Å². The number of ether oxygens (including phenoxy) is 1. The molecule has 0 saturated carbocycles. The second-order valence-corrected chi connectivity index (χ2v) is 8.27. The Morgan fingerprint density at radius 2 is 1.71 bits per heavy atom. The normalized spacial score (nSPS) is 14.9. The number of benzene rings is 2. The number of hydrogen-bond donors (Lipinski definition) is 1. The zero-order valence-electron chi connectivity index (χ0n) is 17.5. The molecule has 1 fully saturated rings. The number of nitrogens with one attached hydrogen (secondary N) is 1. The van der Waals surface area contributed by atoms with Crippen LogP contribution < -0.4 is 19.9 Å². The van der Waals surface area contributed by atoms with Crippen molar-refractivity contribution in [2.45, 2.75) is 13.0 Å². The fourth-order valence-corrected chi connectivity index (χ4v) is 4.43. The van der Waals surface area contributed by atoms with Crippen molar-refractivity contribution < 1.29 is 13.9 Å². The van der Waals surface area contributed by atoms with Gasteiger partial charge in [-0.2, -0.15) is 0 Å². The SMILES string of the molecule is COc1ccc(N2CCN(c3nc(C(=O)NC(C)c4ccc(F)cc4)cs3)CC2)cc1. The Morgan fingerprint density at radius 3 is 2.35 bits per heavy atom. The van der Waals surface area contributed by atoms with Crippen molar-refractivity contribution in [3.8, 4) is 5.75 Å². The standard InChI is InChI=1S/C23H25FN4O2S/c1-16(17-3-5-18(24)6-4-17)25-22(29)21-15-31-23(26-21)28-13-11-27(12-14-28)19-7-9-20(30-2)10-8-19/h3-10,15-16H,11-14H2,1-2H3,(H,25,29). The van der Waals surface area contributed by atoms with Gasteiger partial charge in [0, 0.05) is 37.2 Å². The Kier molecular flexibility index (Phi) is 6.36. The number of piperazine rings is 1. The number of thiazole rings is 1. The molecule has 0 radical (unpaired) electrons. The third-order valence-electron chi connectivity index (χ3n) is 5.43. The first kappa shape index (κ1) is 21.1. The summed E-state index contributed by atoms with van der Waals surface area (Å²) in [5, 5.41) is 5.58. The van der Waals surface area contributed by atoms with Crippen LogP contribution in [0, 0.1) is 5.82 Å². The lowest BCUT2D eigenvalue weighted by molar-refractivity contribution is 0.0935. The van der Waals surface area contributed by atoms with Crippen molar-refractivity contribution in [2.75, 3.05) is 43.1 Å². The van der Waals surface area contributed by atoms with E-state index >= 15 is 0 Å². The van der Waals surface area contributed by atoms with Crippen LogP contribution in [0.25, 0.3) is 0 Å². The fraction of sp³-hybridized carbons (Fsp3) is 0.304. The second kappa shape index (κ2) is 9.34. The maximum atomic E-state index is 13.1. The minimum atomic E-state index is -0.293. The Hall–Kier alpha value is -3.13. The molecule has 4 rings (SSSR count). The van der Waals surface area contributed by atoms with E-state index in [1.165, 1.54) is 29.2 Å². The van der Waals surface area contributed by atoms with Gasteiger partial charge in [-0.25, -0.2) is 9.37 Å². The molecule has 31 heavy (non-hydrogen) atoms. The largest absolute Gasteiger partial charge is 0.497 e. The maximum absolute atomic E-state index is 13.1. The Bertz CT molecular complexity index is 1010. The van der Waals surface area contributed by atoms with E-state index in [4.69, 9.17) is 4.74 Å². The molecule has 1 aromatic heterocycles. The maximum Gasteiger partial charge on any atom is 0.271 e. The number of halogens is 1. The first-order valence-corrected chi connectivity index (χ1v) is 11.1. The van der Waals surface area contributed by atoms with E-state index in [9.17, 15) is 9.18 Å². The number of amides is 1. The summed E-state index contributed by atoms with van der Waals surface area (Å²) in [5.41, 5.74) is 2.43. The van der Waals surface area contributed by atoms with E-state index < -0.39 is 0 Å². The van der Waals surface area contributed by atoms with E-state index in [1.807, 2.05) is 19.1 Å². The highest BCUT2D eigenvalue weighted by Crippen LogP contribution is 2.25. The summed E-state index contributed by atoms with van der Waals surface area (Å²) in [6.07, 6.45) is 0. The number of methoxy groups -OCH3 is 1. The fourth-order valence-electron chi connectivity index (χ4n) is 3.57. The molecule has 8 heteroatoms. The third-order valence-corrected chi connectivity index (χ3v) is 6.33. The van der Waals surface area contributed by atoms with Crippen LogP contribution in [0.1, 0.15) is 29.0 Å². The van der Waals surface area contributed by atoms with Gasteiger partial charge < -0.3 is 19.9 Å². The van der Waals surface area contributed by atoms with E-state index in [2.05, 4.69) is 32.2 Å². The lowest BCUT2D eigenvalue weighted by Gasteiger charge is -2.36. The summed E-state index contributed by atoms with van der Waals surface area (Å²) < 4.78 is 18.3.